The molecule has 1 fully saturated rings. The maximum absolute atomic E-state index is 12.9. The van der Waals surface area contributed by atoms with Crippen LogP contribution in [0.3, 0.4) is 0 Å². The van der Waals surface area contributed by atoms with E-state index in [1.807, 2.05) is 26.0 Å². The van der Waals surface area contributed by atoms with Crippen molar-refractivity contribution in [3.63, 3.8) is 0 Å². The van der Waals surface area contributed by atoms with E-state index in [4.69, 9.17) is 11.6 Å². The highest BCUT2D eigenvalue weighted by molar-refractivity contribution is 6.31. The summed E-state index contributed by atoms with van der Waals surface area (Å²) in [4.78, 5) is 49.9. The summed E-state index contributed by atoms with van der Waals surface area (Å²) < 4.78 is 38.8. The van der Waals surface area contributed by atoms with Gasteiger partial charge in [0.25, 0.3) is 11.8 Å². The highest BCUT2D eigenvalue weighted by Gasteiger charge is 2.42. The quantitative estimate of drug-likeness (QED) is 0.406. The zero-order valence-corrected chi connectivity index (χ0v) is 21.9. The standard InChI is InChI=1S/C27H26ClF3N4O4/c1-26(2,10-11-32-16-6-7-18(19(28)13-16)27(29,30)31)15-4-3-5-17(12-15)33-20-14-23(37)35(25(20)39)21-8-9-22(36)34-24(21)38/h3-7,12-14,21,32-33H,8-11H2,1-2H3,(H,34,36,38). The Morgan fingerprint density at radius 3 is 2.46 bits per heavy atom. The van der Waals surface area contributed by atoms with Gasteiger partial charge in [0.05, 0.1) is 10.6 Å². The summed E-state index contributed by atoms with van der Waals surface area (Å²) in [6, 6.07) is 9.74. The molecule has 2 aromatic carbocycles. The number of nitrogens with zero attached hydrogens (tertiary/aromatic N) is 1. The number of anilines is 2. The summed E-state index contributed by atoms with van der Waals surface area (Å²) in [7, 11) is 0. The fourth-order valence-corrected chi connectivity index (χ4v) is 4.78. The molecule has 2 heterocycles. The molecule has 0 aliphatic carbocycles. The molecule has 8 nitrogen and oxygen atoms in total. The second-order valence-electron chi connectivity index (χ2n) is 10.00. The number of carbonyl (C=O) groups excluding carboxylic acids is 4. The maximum Gasteiger partial charge on any atom is 0.417 e. The van der Waals surface area contributed by atoms with E-state index in [0.29, 0.717) is 24.3 Å². The summed E-state index contributed by atoms with van der Waals surface area (Å²) in [6.45, 7) is 4.45. The van der Waals surface area contributed by atoms with Crippen LogP contribution < -0.4 is 16.0 Å². The zero-order valence-electron chi connectivity index (χ0n) is 21.1. The van der Waals surface area contributed by atoms with E-state index in [9.17, 15) is 32.3 Å². The van der Waals surface area contributed by atoms with Gasteiger partial charge in [0.2, 0.25) is 11.8 Å². The van der Waals surface area contributed by atoms with Crippen LogP contribution in [0.25, 0.3) is 0 Å². The number of hydrogen-bond acceptors (Lipinski definition) is 6. The van der Waals surface area contributed by atoms with E-state index >= 15 is 0 Å². The largest absolute Gasteiger partial charge is 0.417 e. The summed E-state index contributed by atoms with van der Waals surface area (Å²) >= 11 is 5.80. The first-order valence-electron chi connectivity index (χ1n) is 12.2. The molecule has 2 aromatic rings. The molecule has 0 aromatic heterocycles. The summed E-state index contributed by atoms with van der Waals surface area (Å²) in [6.07, 6.45) is -2.68. The average Bonchev–Trinajstić information content (AvgIpc) is 3.11. The molecule has 4 amide bonds. The van der Waals surface area contributed by atoms with E-state index in [2.05, 4.69) is 16.0 Å². The third kappa shape index (κ3) is 6.25. The topological polar surface area (TPSA) is 108 Å². The molecule has 2 aliphatic rings. The molecule has 1 saturated heterocycles. The molecule has 1 atom stereocenters. The Morgan fingerprint density at radius 2 is 1.79 bits per heavy atom. The molecule has 4 rings (SSSR count). The predicted octanol–water partition coefficient (Wildman–Crippen LogP) is 4.61. The van der Waals surface area contributed by atoms with Gasteiger partial charge in [-0.25, -0.2) is 0 Å². The van der Waals surface area contributed by atoms with E-state index in [-0.39, 0.29) is 29.0 Å². The third-order valence-electron chi connectivity index (χ3n) is 6.75. The number of rotatable bonds is 8. The van der Waals surface area contributed by atoms with Gasteiger partial charge >= 0.3 is 6.18 Å². The van der Waals surface area contributed by atoms with Crippen LogP contribution >= 0.6 is 11.6 Å². The van der Waals surface area contributed by atoms with Gasteiger partial charge in [0, 0.05) is 30.4 Å². The Labute approximate surface area is 227 Å². The summed E-state index contributed by atoms with van der Waals surface area (Å²) in [5.74, 6) is -2.42. The van der Waals surface area contributed by atoms with Crippen molar-refractivity contribution >= 4 is 46.6 Å². The van der Waals surface area contributed by atoms with Crippen molar-refractivity contribution in [3.05, 3.63) is 70.4 Å². The first-order valence-corrected chi connectivity index (χ1v) is 12.6. The second kappa shape index (κ2) is 10.7. The van der Waals surface area contributed by atoms with Crippen molar-refractivity contribution < 1.29 is 32.3 Å². The van der Waals surface area contributed by atoms with Crippen molar-refractivity contribution in [1.29, 1.82) is 0 Å². The average molecular weight is 563 g/mol. The zero-order chi connectivity index (χ0) is 28.5. The number of carbonyl (C=O) groups is 4. The molecule has 206 valence electrons. The maximum atomic E-state index is 12.9. The lowest BCUT2D eigenvalue weighted by Gasteiger charge is -2.28. The van der Waals surface area contributed by atoms with Crippen molar-refractivity contribution in [2.45, 2.75) is 50.7 Å². The van der Waals surface area contributed by atoms with Crippen LogP contribution in [0.4, 0.5) is 24.5 Å². The molecule has 0 saturated carbocycles. The number of hydrogen-bond donors (Lipinski definition) is 3. The number of imide groups is 2. The molecule has 1 unspecified atom stereocenters. The molecular formula is C27H26ClF3N4O4. The van der Waals surface area contributed by atoms with E-state index in [1.54, 1.807) is 12.1 Å². The monoisotopic (exact) mass is 562 g/mol. The van der Waals surface area contributed by atoms with E-state index in [0.717, 1.165) is 22.6 Å². The van der Waals surface area contributed by atoms with Gasteiger partial charge in [-0.15, -0.1) is 0 Å². The van der Waals surface area contributed by atoms with Crippen molar-refractivity contribution in [2.24, 2.45) is 0 Å². The van der Waals surface area contributed by atoms with Crippen molar-refractivity contribution in [3.8, 4) is 0 Å². The van der Waals surface area contributed by atoms with Gasteiger partial charge in [-0.2, -0.15) is 13.2 Å². The Morgan fingerprint density at radius 1 is 1.05 bits per heavy atom. The Kier molecular flexibility index (Phi) is 7.74. The minimum atomic E-state index is -4.52. The lowest BCUT2D eigenvalue weighted by molar-refractivity contribution is -0.149. The first-order chi connectivity index (χ1) is 18.3. The number of nitrogens with one attached hydrogen (secondary N) is 3. The first kappa shape index (κ1) is 28.2. The summed E-state index contributed by atoms with van der Waals surface area (Å²) in [5, 5.41) is 7.83. The Hall–Kier alpha value is -3.86. The SMILES string of the molecule is CC(C)(CCNc1ccc(C(F)(F)F)c(Cl)c1)c1cccc(NC2=CC(=O)N(C3CCC(=O)NC3=O)C2=O)c1. The molecular weight excluding hydrogens is 537 g/mol. The van der Waals surface area contributed by atoms with Gasteiger partial charge in [-0.3, -0.25) is 29.4 Å². The molecule has 12 heteroatoms. The molecule has 0 spiro atoms. The van der Waals surface area contributed by atoms with Crippen LogP contribution in [0.15, 0.2) is 54.2 Å². The highest BCUT2D eigenvalue weighted by Crippen LogP contribution is 2.36. The minimum absolute atomic E-state index is 0.0144. The molecule has 2 aliphatic heterocycles. The number of amides is 4. The van der Waals surface area contributed by atoms with Gasteiger partial charge < -0.3 is 10.6 Å². The molecule has 0 bridgehead atoms. The van der Waals surface area contributed by atoms with Crippen LogP contribution in [0.5, 0.6) is 0 Å². The van der Waals surface area contributed by atoms with Gasteiger partial charge in [-0.1, -0.05) is 37.6 Å². The number of piperidine rings is 1. The van der Waals surface area contributed by atoms with Crippen molar-refractivity contribution in [1.82, 2.24) is 10.2 Å². The lowest BCUT2D eigenvalue weighted by atomic mass is 9.81. The normalized spacial score (nSPS) is 18.3. The van der Waals surface area contributed by atoms with Crippen LogP contribution in [0.2, 0.25) is 5.02 Å². The van der Waals surface area contributed by atoms with Gasteiger partial charge in [-0.05, 0) is 54.2 Å². The smallest absolute Gasteiger partial charge is 0.385 e. The second-order valence-corrected chi connectivity index (χ2v) is 10.4. The fraction of sp³-hybridized carbons (Fsp3) is 0.333. The molecule has 3 N–H and O–H groups in total. The Bertz CT molecular complexity index is 1370. The predicted molar refractivity (Wildman–Crippen MR) is 139 cm³/mol. The van der Waals surface area contributed by atoms with E-state index in [1.165, 1.54) is 12.1 Å². The molecule has 0 radical (unpaired) electrons. The fourth-order valence-electron chi connectivity index (χ4n) is 4.49. The Balaban J connectivity index is 1.39. The highest BCUT2D eigenvalue weighted by atomic mass is 35.5. The van der Waals surface area contributed by atoms with E-state index < -0.39 is 41.4 Å². The lowest BCUT2D eigenvalue weighted by Crippen LogP contribution is -2.54. The van der Waals surface area contributed by atoms with Crippen molar-refractivity contribution in [2.75, 3.05) is 17.2 Å². The molecule has 39 heavy (non-hydrogen) atoms. The summed E-state index contributed by atoms with van der Waals surface area (Å²) in [5.41, 5.74) is 0.691. The van der Waals surface area contributed by atoms with Gasteiger partial charge in [0.15, 0.2) is 0 Å². The number of benzene rings is 2. The van der Waals surface area contributed by atoms with Crippen LogP contribution in [0, 0.1) is 0 Å². The van der Waals surface area contributed by atoms with Crippen LogP contribution in [0.1, 0.15) is 44.2 Å². The third-order valence-corrected chi connectivity index (χ3v) is 7.07. The number of alkyl halides is 3. The number of halogens is 4. The van der Waals surface area contributed by atoms with Gasteiger partial charge in [0.1, 0.15) is 11.7 Å². The minimum Gasteiger partial charge on any atom is -0.385 e. The van der Waals surface area contributed by atoms with Crippen LogP contribution in [-0.2, 0) is 30.8 Å². The van der Waals surface area contributed by atoms with Crippen LogP contribution in [-0.4, -0.2) is 41.1 Å².